The van der Waals surface area contributed by atoms with Crippen LogP contribution >= 0.6 is 0 Å². The van der Waals surface area contributed by atoms with Gasteiger partial charge >= 0.3 is 5.97 Å². The van der Waals surface area contributed by atoms with Crippen LogP contribution in [0.1, 0.15) is 57.2 Å². The van der Waals surface area contributed by atoms with Crippen molar-refractivity contribution in [1.29, 1.82) is 0 Å². The van der Waals surface area contributed by atoms with Gasteiger partial charge in [-0.1, -0.05) is 39.7 Å². The summed E-state index contributed by atoms with van der Waals surface area (Å²) in [7, 11) is 0. The molecule has 0 amide bonds. The van der Waals surface area contributed by atoms with Crippen molar-refractivity contribution < 1.29 is 14.6 Å². The third kappa shape index (κ3) is 3.75. The van der Waals surface area contributed by atoms with Gasteiger partial charge in [-0.05, 0) is 71.2 Å². The second-order valence-corrected chi connectivity index (χ2v) is 8.16. The average Bonchev–Trinajstić information content (AvgIpc) is 2.58. The second-order valence-electron chi connectivity index (χ2n) is 8.16. The molecule has 0 fully saturated rings. The second kappa shape index (κ2) is 6.53. The first-order chi connectivity index (χ1) is 12.2. The lowest BCUT2D eigenvalue weighted by Crippen LogP contribution is -2.33. The number of carboxylic acid groups (broad SMARTS) is 1. The molecule has 0 heterocycles. The van der Waals surface area contributed by atoms with E-state index in [1.807, 2.05) is 6.07 Å². The fourth-order valence-electron chi connectivity index (χ4n) is 3.50. The van der Waals surface area contributed by atoms with Crippen LogP contribution in [0.3, 0.4) is 0 Å². The van der Waals surface area contributed by atoms with E-state index in [1.165, 1.54) is 17.5 Å². The van der Waals surface area contributed by atoms with Crippen molar-refractivity contribution in [3.05, 3.63) is 59.2 Å². The molecule has 3 nitrogen and oxygen atoms in total. The van der Waals surface area contributed by atoms with Crippen LogP contribution in [0.5, 0.6) is 11.5 Å². The van der Waals surface area contributed by atoms with E-state index in [4.69, 9.17) is 9.84 Å². The van der Waals surface area contributed by atoms with Crippen LogP contribution in [0.25, 0.3) is 0 Å². The highest BCUT2D eigenvalue weighted by Gasteiger charge is 2.37. The largest absolute Gasteiger partial charge is 0.472 e. The summed E-state index contributed by atoms with van der Waals surface area (Å²) in [5.41, 5.74) is 3.73. The first kappa shape index (κ1) is 18.1. The number of carboxylic acids is 1. The number of carbonyl (C=O) groups is 1. The maximum absolute atomic E-state index is 10.5. The molecule has 3 rings (SSSR count). The summed E-state index contributed by atoms with van der Waals surface area (Å²) < 4.78 is 6.02. The van der Waals surface area contributed by atoms with E-state index < -0.39 is 5.97 Å². The lowest BCUT2D eigenvalue weighted by atomic mass is 9.63. The van der Waals surface area contributed by atoms with Crippen LogP contribution in [-0.2, 0) is 15.6 Å². The van der Waals surface area contributed by atoms with Crippen molar-refractivity contribution in [3.63, 3.8) is 0 Å². The fourth-order valence-corrected chi connectivity index (χ4v) is 3.50. The number of hydrogen-bond acceptors (Lipinski definition) is 2. The Morgan fingerprint density at radius 3 is 2.12 bits per heavy atom. The van der Waals surface area contributed by atoms with E-state index in [1.54, 1.807) is 24.3 Å². The molecule has 0 unspecified atom stereocenters. The van der Waals surface area contributed by atoms with Crippen molar-refractivity contribution >= 4 is 5.97 Å². The number of hydrogen-bond donors (Lipinski definition) is 1. The van der Waals surface area contributed by atoms with Gasteiger partial charge in [-0.3, -0.25) is 0 Å². The maximum Gasteiger partial charge on any atom is 0.382 e. The average molecular weight is 348 g/mol. The zero-order valence-corrected chi connectivity index (χ0v) is 15.7. The van der Waals surface area contributed by atoms with E-state index in [9.17, 15) is 4.79 Å². The van der Waals surface area contributed by atoms with Crippen molar-refractivity contribution in [2.75, 3.05) is 0 Å². The Hall–Kier alpha value is -2.73. The molecule has 0 saturated heterocycles. The number of rotatable bonds is 2. The molecule has 1 N–H and O–H groups in total. The molecule has 26 heavy (non-hydrogen) atoms. The van der Waals surface area contributed by atoms with Gasteiger partial charge in [0, 0.05) is 11.5 Å². The number of benzene rings is 2. The van der Waals surface area contributed by atoms with Gasteiger partial charge < -0.3 is 9.84 Å². The van der Waals surface area contributed by atoms with Gasteiger partial charge in [0.25, 0.3) is 0 Å². The minimum absolute atomic E-state index is 0.139. The molecule has 2 aromatic rings. The van der Waals surface area contributed by atoms with Gasteiger partial charge in [-0.15, -0.1) is 0 Å². The van der Waals surface area contributed by atoms with E-state index in [-0.39, 0.29) is 10.8 Å². The van der Waals surface area contributed by atoms with Crippen LogP contribution in [0.15, 0.2) is 42.5 Å². The molecule has 134 valence electrons. The first-order valence-electron chi connectivity index (χ1n) is 8.85. The Morgan fingerprint density at radius 1 is 0.923 bits per heavy atom. The highest BCUT2D eigenvalue weighted by Crippen LogP contribution is 2.46. The summed E-state index contributed by atoms with van der Waals surface area (Å²) in [5.74, 6) is 5.09. The Morgan fingerprint density at radius 2 is 1.50 bits per heavy atom. The van der Waals surface area contributed by atoms with Crippen LogP contribution in [0, 0.1) is 11.8 Å². The lowest BCUT2D eigenvalue weighted by Gasteiger charge is -2.41. The molecular formula is C23H24O3. The SMILES string of the molecule is CC1(C)CCC(C)(C)c2cc(Oc3ccc(C#CC(=O)O)cc3)ccc21. The number of aliphatic carboxylic acids is 1. The number of fused-ring (bicyclic) bond motifs is 1. The highest BCUT2D eigenvalue weighted by atomic mass is 16.5. The molecule has 3 heteroatoms. The Balaban J connectivity index is 1.86. The van der Waals surface area contributed by atoms with Crippen LogP contribution in [0.4, 0.5) is 0 Å². The van der Waals surface area contributed by atoms with Gasteiger partial charge in [0.2, 0.25) is 0 Å². The molecule has 0 spiro atoms. The van der Waals surface area contributed by atoms with Gasteiger partial charge in [0.15, 0.2) is 0 Å². The van der Waals surface area contributed by atoms with Crippen LogP contribution in [-0.4, -0.2) is 11.1 Å². The predicted molar refractivity (Wildman–Crippen MR) is 103 cm³/mol. The molecule has 0 aliphatic heterocycles. The maximum atomic E-state index is 10.5. The first-order valence-corrected chi connectivity index (χ1v) is 8.85. The molecule has 0 bridgehead atoms. The van der Waals surface area contributed by atoms with Crippen molar-refractivity contribution in [3.8, 4) is 23.3 Å². The summed E-state index contributed by atoms with van der Waals surface area (Å²) >= 11 is 0. The molecule has 1 aliphatic rings. The Labute approximate surface area is 155 Å². The molecule has 0 atom stereocenters. The third-order valence-corrected chi connectivity index (χ3v) is 5.23. The smallest absolute Gasteiger partial charge is 0.382 e. The van der Waals surface area contributed by atoms with Gasteiger partial charge in [0.05, 0.1) is 0 Å². The van der Waals surface area contributed by atoms with E-state index in [0.29, 0.717) is 11.3 Å². The molecule has 1 aliphatic carbocycles. The predicted octanol–water partition coefficient (Wildman–Crippen LogP) is 5.26. The molecule has 0 radical (unpaired) electrons. The van der Waals surface area contributed by atoms with E-state index in [2.05, 4.69) is 51.7 Å². The summed E-state index contributed by atoms with van der Waals surface area (Å²) in [4.78, 5) is 10.5. The Kier molecular flexibility index (Phi) is 4.54. The minimum Gasteiger partial charge on any atom is -0.472 e. The van der Waals surface area contributed by atoms with Crippen LogP contribution < -0.4 is 4.74 Å². The van der Waals surface area contributed by atoms with E-state index >= 15 is 0 Å². The molecule has 0 aromatic heterocycles. The van der Waals surface area contributed by atoms with Gasteiger partial charge in [-0.2, -0.15) is 0 Å². The van der Waals surface area contributed by atoms with Gasteiger partial charge in [0.1, 0.15) is 11.5 Å². The summed E-state index contributed by atoms with van der Waals surface area (Å²) in [6.45, 7) is 9.19. The summed E-state index contributed by atoms with van der Waals surface area (Å²) in [6.07, 6.45) is 2.35. The zero-order chi connectivity index (χ0) is 18.9. The minimum atomic E-state index is -1.13. The number of ether oxygens (including phenoxy) is 1. The van der Waals surface area contributed by atoms with E-state index in [0.717, 1.165) is 12.2 Å². The molecule has 2 aromatic carbocycles. The van der Waals surface area contributed by atoms with Crippen LogP contribution in [0.2, 0.25) is 0 Å². The van der Waals surface area contributed by atoms with Crippen molar-refractivity contribution in [2.24, 2.45) is 0 Å². The lowest BCUT2D eigenvalue weighted by molar-refractivity contribution is -0.130. The molecule has 0 saturated carbocycles. The normalized spacial score (nSPS) is 16.8. The highest BCUT2D eigenvalue weighted by molar-refractivity contribution is 5.87. The fraction of sp³-hybridized carbons (Fsp3) is 0.348. The quantitative estimate of drug-likeness (QED) is 0.753. The van der Waals surface area contributed by atoms with Crippen molar-refractivity contribution in [1.82, 2.24) is 0 Å². The zero-order valence-electron chi connectivity index (χ0n) is 15.7. The topological polar surface area (TPSA) is 46.5 Å². The summed E-state index contributed by atoms with van der Waals surface area (Å²) in [6, 6.07) is 13.5. The third-order valence-electron chi connectivity index (χ3n) is 5.23. The van der Waals surface area contributed by atoms with Crippen molar-refractivity contribution in [2.45, 2.75) is 51.4 Å². The standard InChI is InChI=1S/C23H24O3/c1-22(2)13-14-23(3,4)20-15-18(10-11-19(20)22)26-17-8-5-16(6-9-17)7-12-21(24)25/h5-6,8-11,15H,13-14H2,1-4H3,(H,24,25). The Bertz CT molecular complexity index is 893. The van der Waals surface area contributed by atoms with Gasteiger partial charge in [-0.25, -0.2) is 4.79 Å². The summed E-state index contributed by atoms with van der Waals surface area (Å²) in [5, 5.41) is 8.60. The molecular weight excluding hydrogens is 324 g/mol. The monoisotopic (exact) mass is 348 g/mol.